The van der Waals surface area contributed by atoms with Crippen molar-refractivity contribution in [3.8, 4) is 5.75 Å². The predicted octanol–water partition coefficient (Wildman–Crippen LogP) is 4.08. The third-order valence-corrected chi connectivity index (χ3v) is 5.15. The van der Waals surface area contributed by atoms with Crippen LogP contribution in [-0.2, 0) is 10.0 Å². The molecule has 1 aromatic heterocycles. The molecule has 0 aliphatic rings. The number of rotatable bonds is 6. The first-order valence-corrected chi connectivity index (χ1v) is 9.52. The quantitative estimate of drug-likeness (QED) is 0.666. The Labute approximate surface area is 157 Å². The molecule has 0 saturated heterocycles. The number of anilines is 3. The van der Waals surface area contributed by atoms with Crippen LogP contribution in [0.15, 0.2) is 65.7 Å². The molecule has 8 heteroatoms. The van der Waals surface area contributed by atoms with E-state index in [0.29, 0.717) is 11.4 Å². The first kappa shape index (κ1) is 18.7. The third kappa shape index (κ3) is 4.53. The van der Waals surface area contributed by atoms with E-state index in [0.717, 1.165) is 11.8 Å². The summed E-state index contributed by atoms with van der Waals surface area (Å²) in [5.41, 5.74) is 1.75. The minimum atomic E-state index is -3.85. The van der Waals surface area contributed by atoms with Crippen molar-refractivity contribution >= 4 is 27.2 Å². The number of nitrogens with one attached hydrogen (secondary N) is 2. The summed E-state index contributed by atoms with van der Waals surface area (Å²) in [7, 11) is -2.26. The molecule has 3 rings (SSSR count). The van der Waals surface area contributed by atoms with E-state index >= 15 is 0 Å². The molecule has 0 fully saturated rings. The van der Waals surface area contributed by atoms with Gasteiger partial charge in [-0.1, -0.05) is 6.07 Å². The van der Waals surface area contributed by atoms with Gasteiger partial charge in [0.2, 0.25) is 0 Å². The van der Waals surface area contributed by atoms with E-state index in [4.69, 9.17) is 4.74 Å². The van der Waals surface area contributed by atoms with E-state index in [1.807, 2.05) is 24.3 Å². The van der Waals surface area contributed by atoms with Crippen molar-refractivity contribution in [1.29, 1.82) is 0 Å². The lowest BCUT2D eigenvalue weighted by molar-refractivity contribution is 0.415. The van der Waals surface area contributed by atoms with E-state index in [1.165, 1.54) is 31.3 Å². The second-order valence-corrected chi connectivity index (χ2v) is 7.49. The topological polar surface area (TPSA) is 80.3 Å². The van der Waals surface area contributed by atoms with Crippen LogP contribution < -0.4 is 14.8 Å². The van der Waals surface area contributed by atoms with Gasteiger partial charge in [0, 0.05) is 11.8 Å². The van der Waals surface area contributed by atoms with Crippen LogP contribution in [0.25, 0.3) is 0 Å². The van der Waals surface area contributed by atoms with Crippen molar-refractivity contribution in [3.05, 3.63) is 72.2 Å². The molecule has 140 valence electrons. The number of benzene rings is 2. The highest BCUT2D eigenvalue weighted by atomic mass is 32.2. The summed E-state index contributed by atoms with van der Waals surface area (Å²) < 4.78 is 45.7. The van der Waals surface area contributed by atoms with Crippen molar-refractivity contribution in [2.45, 2.75) is 11.8 Å². The summed E-state index contributed by atoms with van der Waals surface area (Å²) in [6, 6.07) is 14.2. The normalized spacial score (nSPS) is 11.1. The fraction of sp³-hybridized carbons (Fsp3) is 0.105. The number of pyridine rings is 1. The zero-order chi connectivity index (χ0) is 19.4. The fourth-order valence-electron chi connectivity index (χ4n) is 2.38. The van der Waals surface area contributed by atoms with E-state index in [2.05, 4.69) is 15.0 Å². The van der Waals surface area contributed by atoms with Crippen LogP contribution in [0.3, 0.4) is 0 Å². The Kier molecular flexibility index (Phi) is 5.27. The molecule has 0 spiro atoms. The smallest absolute Gasteiger partial charge is 0.263 e. The molecule has 0 saturated carbocycles. The summed E-state index contributed by atoms with van der Waals surface area (Å²) in [5.74, 6) is 0.417. The average molecular weight is 387 g/mol. The maximum Gasteiger partial charge on any atom is 0.263 e. The van der Waals surface area contributed by atoms with Crippen LogP contribution in [0.1, 0.15) is 5.56 Å². The first-order valence-electron chi connectivity index (χ1n) is 8.03. The first-order chi connectivity index (χ1) is 12.9. The minimum absolute atomic E-state index is 0.0261. The van der Waals surface area contributed by atoms with Gasteiger partial charge in [-0.3, -0.25) is 4.72 Å². The van der Waals surface area contributed by atoms with Gasteiger partial charge in [0.05, 0.1) is 23.9 Å². The predicted molar refractivity (Wildman–Crippen MR) is 102 cm³/mol. The Morgan fingerprint density at radius 1 is 1.04 bits per heavy atom. The lowest BCUT2D eigenvalue weighted by Gasteiger charge is -2.10. The molecule has 3 aromatic rings. The number of sulfonamides is 1. The Bertz CT molecular complexity index is 1050. The molecule has 0 bridgehead atoms. The number of hydrogen-bond acceptors (Lipinski definition) is 5. The van der Waals surface area contributed by atoms with E-state index in [9.17, 15) is 12.8 Å². The zero-order valence-electron chi connectivity index (χ0n) is 14.7. The molecule has 0 amide bonds. The summed E-state index contributed by atoms with van der Waals surface area (Å²) in [4.78, 5) is 4.08. The Morgan fingerprint density at radius 3 is 2.52 bits per heavy atom. The van der Waals surface area contributed by atoms with Crippen molar-refractivity contribution in [3.63, 3.8) is 0 Å². The van der Waals surface area contributed by atoms with Gasteiger partial charge in [-0.25, -0.2) is 17.8 Å². The van der Waals surface area contributed by atoms with E-state index in [1.54, 1.807) is 13.2 Å². The summed E-state index contributed by atoms with van der Waals surface area (Å²) in [5, 5.41) is 3.15. The van der Waals surface area contributed by atoms with Gasteiger partial charge in [-0.05, 0) is 55.0 Å². The van der Waals surface area contributed by atoms with Crippen molar-refractivity contribution in [2.75, 3.05) is 17.1 Å². The second-order valence-electron chi connectivity index (χ2n) is 5.81. The molecular formula is C19H18FN3O3S. The molecular weight excluding hydrogens is 369 g/mol. The Hall–Kier alpha value is -3.13. The standard InChI is InChI=1S/C19H18FN3O3S/c1-13-10-17(7-8-18(13)20)27(24,25)23-19-9-6-15(12-21-19)22-14-4-3-5-16(11-14)26-2/h3-12,22H,1-2H3,(H,21,23). The van der Waals surface area contributed by atoms with Crippen LogP contribution in [0, 0.1) is 12.7 Å². The number of nitrogens with zero attached hydrogens (tertiary/aromatic N) is 1. The van der Waals surface area contributed by atoms with Crippen molar-refractivity contribution in [2.24, 2.45) is 0 Å². The van der Waals surface area contributed by atoms with Gasteiger partial charge in [0.1, 0.15) is 17.4 Å². The summed E-state index contributed by atoms with van der Waals surface area (Å²) in [6.07, 6.45) is 1.51. The SMILES string of the molecule is COc1cccc(Nc2ccc(NS(=O)(=O)c3ccc(F)c(C)c3)nc2)c1. The van der Waals surface area contributed by atoms with Crippen molar-refractivity contribution < 1.29 is 17.5 Å². The van der Waals surface area contributed by atoms with Gasteiger partial charge in [0.15, 0.2) is 0 Å². The van der Waals surface area contributed by atoms with E-state index in [-0.39, 0.29) is 16.3 Å². The van der Waals surface area contributed by atoms with Crippen LogP contribution in [-0.4, -0.2) is 20.5 Å². The molecule has 0 unspecified atom stereocenters. The molecule has 2 aromatic carbocycles. The lowest BCUT2D eigenvalue weighted by atomic mass is 10.2. The second kappa shape index (κ2) is 7.63. The number of aryl methyl sites for hydroxylation is 1. The van der Waals surface area contributed by atoms with Gasteiger partial charge in [-0.2, -0.15) is 0 Å². The number of halogens is 1. The lowest BCUT2D eigenvalue weighted by Crippen LogP contribution is -2.14. The highest BCUT2D eigenvalue weighted by Crippen LogP contribution is 2.22. The molecule has 0 radical (unpaired) electrons. The number of methoxy groups -OCH3 is 1. The van der Waals surface area contributed by atoms with Crippen LogP contribution in [0.5, 0.6) is 5.75 Å². The number of aromatic nitrogens is 1. The van der Waals surface area contributed by atoms with Gasteiger partial charge < -0.3 is 10.1 Å². The average Bonchev–Trinajstić information content (AvgIpc) is 2.65. The molecule has 0 aliphatic carbocycles. The van der Waals surface area contributed by atoms with Gasteiger partial charge >= 0.3 is 0 Å². The van der Waals surface area contributed by atoms with E-state index < -0.39 is 15.8 Å². The number of ether oxygens (including phenoxy) is 1. The molecule has 0 aliphatic heterocycles. The largest absolute Gasteiger partial charge is 0.497 e. The molecule has 1 heterocycles. The van der Waals surface area contributed by atoms with Crippen LogP contribution >= 0.6 is 0 Å². The minimum Gasteiger partial charge on any atom is -0.497 e. The van der Waals surface area contributed by atoms with Crippen molar-refractivity contribution in [1.82, 2.24) is 4.98 Å². The van der Waals surface area contributed by atoms with Crippen LogP contribution in [0.4, 0.5) is 21.6 Å². The monoisotopic (exact) mass is 387 g/mol. The Morgan fingerprint density at radius 2 is 1.85 bits per heavy atom. The fourth-order valence-corrected chi connectivity index (χ4v) is 3.47. The molecule has 27 heavy (non-hydrogen) atoms. The molecule has 0 atom stereocenters. The maximum absolute atomic E-state index is 13.3. The third-order valence-electron chi connectivity index (χ3n) is 3.80. The molecule has 2 N–H and O–H groups in total. The summed E-state index contributed by atoms with van der Waals surface area (Å²) >= 11 is 0. The number of hydrogen-bond donors (Lipinski definition) is 2. The zero-order valence-corrected chi connectivity index (χ0v) is 15.5. The van der Waals surface area contributed by atoms with Gasteiger partial charge in [0.25, 0.3) is 10.0 Å². The molecule has 6 nitrogen and oxygen atoms in total. The summed E-state index contributed by atoms with van der Waals surface area (Å²) in [6.45, 7) is 1.51. The highest BCUT2D eigenvalue weighted by molar-refractivity contribution is 7.92. The Balaban J connectivity index is 1.74. The highest BCUT2D eigenvalue weighted by Gasteiger charge is 2.16. The van der Waals surface area contributed by atoms with Crippen LogP contribution in [0.2, 0.25) is 0 Å². The van der Waals surface area contributed by atoms with Gasteiger partial charge in [-0.15, -0.1) is 0 Å². The maximum atomic E-state index is 13.3.